The lowest BCUT2D eigenvalue weighted by Gasteiger charge is -2.20. The van der Waals surface area contributed by atoms with Gasteiger partial charge in [0.25, 0.3) is 0 Å². The predicted molar refractivity (Wildman–Crippen MR) is 75.9 cm³/mol. The van der Waals surface area contributed by atoms with Crippen LogP contribution in [0.5, 0.6) is 0 Å². The fourth-order valence-electron chi connectivity index (χ4n) is 2.74. The van der Waals surface area contributed by atoms with Gasteiger partial charge in [0.05, 0.1) is 5.69 Å². The van der Waals surface area contributed by atoms with E-state index >= 15 is 0 Å². The maximum absolute atomic E-state index is 4.53. The minimum Gasteiger partial charge on any atom is -0.356 e. The molecular weight excluding hydrogens is 224 g/mol. The van der Waals surface area contributed by atoms with Gasteiger partial charge in [0.15, 0.2) is 0 Å². The molecule has 0 aromatic carbocycles. The molecule has 1 atom stereocenters. The van der Waals surface area contributed by atoms with Gasteiger partial charge in [-0.05, 0) is 46.6 Å². The number of likely N-dealkylation sites (tertiary alicyclic amines) is 1. The molecule has 0 bridgehead atoms. The van der Waals surface area contributed by atoms with E-state index in [1.165, 1.54) is 19.5 Å². The van der Waals surface area contributed by atoms with Crippen LogP contribution in [0, 0.1) is 12.8 Å². The van der Waals surface area contributed by atoms with E-state index in [-0.39, 0.29) is 0 Å². The third kappa shape index (κ3) is 3.05. The van der Waals surface area contributed by atoms with E-state index in [0.717, 1.165) is 30.6 Å². The van der Waals surface area contributed by atoms with E-state index in [9.17, 15) is 0 Å². The molecule has 4 heteroatoms. The van der Waals surface area contributed by atoms with Gasteiger partial charge < -0.3 is 14.8 Å². The quantitative estimate of drug-likeness (QED) is 0.871. The highest BCUT2D eigenvalue weighted by atomic mass is 15.2. The smallest absolute Gasteiger partial charge is 0.203 e. The summed E-state index contributed by atoms with van der Waals surface area (Å²) in [5, 5.41) is 3.34. The van der Waals surface area contributed by atoms with Gasteiger partial charge in [0, 0.05) is 31.9 Å². The molecule has 1 saturated heterocycles. The second kappa shape index (κ2) is 5.74. The molecule has 1 unspecified atom stereocenters. The Bertz CT molecular complexity index is 383. The minimum atomic E-state index is 0.674. The summed E-state index contributed by atoms with van der Waals surface area (Å²) < 4.78 is 2.29. The second-order valence-electron chi connectivity index (χ2n) is 5.63. The molecule has 4 nitrogen and oxygen atoms in total. The second-order valence-corrected chi connectivity index (χ2v) is 5.63. The highest BCUT2D eigenvalue weighted by Crippen LogP contribution is 2.22. The monoisotopic (exact) mass is 250 g/mol. The molecule has 0 amide bonds. The number of anilines is 1. The molecule has 0 spiro atoms. The Morgan fingerprint density at radius 3 is 2.89 bits per heavy atom. The van der Waals surface area contributed by atoms with E-state index in [1.54, 1.807) is 0 Å². The van der Waals surface area contributed by atoms with Crippen molar-refractivity contribution < 1.29 is 0 Å². The molecule has 1 aromatic rings. The summed E-state index contributed by atoms with van der Waals surface area (Å²) in [7, 11) is 0. The van der Waals surface area contributed by atoms with Gasteiger partial charge in [0.2, 0.25) is 5.95 Å². The van der Waals surface area contributed by atoms with Crippen molar-refractivity contribution in [3.8, 4) is 0 Å². The summed E-state index contributed by atoms with van der Waals surface area (Å²) in [6.07, 6.45) is 3.47. The number of aromatic nitrogens is 2. The molecule has 1 aliphatic rings. The van der Waals surface area contributed by atoms with E-state index in [1.807, 2.05) is 0 Å². The lowest BCUT2D eigenvalue weighted by atomic mass is 10.1. The Kier molecular flexibility index (Phi) is 4.27. The molecule has 18 heavy (non-hydrogen) atoms. The van der Waals surface area contributed by atoms with Crippen LogP contribution in [0.25, 0.3) is 0 Å². The van der Waals surface area contributed by atoms with E-state index in [4.69, 9.17) is 0 Å². The number of rotatable bonds is 5. The SMILES string of the molecule is CCNc1nc(C)cn1CC1CCN(C(C)C)C1. The fourth-order valence-corrected chi connectivity index (χ4v) is 2.74. The van der Waals surface area contributed by atoms with Crippen LogP contribution in [0.4, 0.5) is 5.95 Å². The van der Waals surface area contributed by atoms with Crippen molar-refractivity contribution in [3.63, 3.8) is 0 Å². The van der Waals surface area contributed by atoms with Crippen LogP contribution in [-0.2, 0) is 6.54 Å². The Morgan fingerprint density at radius 1 is 1.50 bits per heavy atom. The molecule has 1 aliphatic heterocycles. The van der Waals surface area contributed by atoms with Crippen molar-refractivity contribution in [2.45, 2.75) is 46.7 Å². The van der Waals surface area contributed by atoms with Gasteiger partial charge in [0.1, 0.15) is 0 Å². The number of hydrogen-bond donors (Lipinski definition) is 1. The zero-order chi connectivity index (χ0) is 13.1. The molecule has 1 aromatic heterocycles. The summed E-state index contributed by atoms with van der Waals surface area (Å²) in [5.41, 5.74) is 1.10. The van der Waals surface area contributed by atoms with Crippen LogP contribution >= 0.6 is 0 Å². The first kappa shape index (κ1) is 13.4. The molecule has 0 radical (unpaired) electrons. The number of aryl methyl sites for hydroxylation is 1. The normalized spacial score (nSPS) is 20.8. The average molecular weight is 250 g/mol. The van der Waals surface area contributed by atoms with Crippen LogP contribution in [0.3, 0.4) is 0 Å². The van der Waals surface area contributed by atoms with Gasteiger partial charge >= 0.3 is 0 Å². The lowest BCUT2D eigenvalue weighted by Crippen LogP contribution is -2.28. The number of hydrogen-bond acceptors (Lipinski definition) is 3. The van der Waals surface area contributed by atoms with E-state index in [2.05, 4.69) is 53.7 Å². The Labute approximate surface area is 110 Å². The molecule has 1 N–H and O–H groups in total. The molecule has 1 fully saturated rings. The van der Waals surface area contributed by atoms with E-state index < -0.39 is 0 Å². The van der Waals surface area contributed by atoms with Crippen molar-refractivity contribution in [3.05, 3.63) is 11.9 Å². The standard InChI is InChI=1S/C14H26N4/c1-5-15-14-16-12(4)8-18(14)10-13-6-7-17(9-13)11(2)3/h8,11,13H,5-7,9-10H2,1-4H3,(H,15,16). The van der Waals surface area contributed by atoms with Crippen LogP contribution < -0.4 is 5.32 Å². The molecule has 102 valence electrons. The van der Waals surface area contributed by atoms with Crippen LogP contribution in [0.1, 0.15) is 32.9 Å². The largest absolute Gasteiger partial charge is 0.356 e. The summed E-state index contributed by atoms with van der Waals surface area (Å²) in [5.74, 6) is 1.79. The topological polar surface area (TPSA) is 33.1 Å². The van der Waals surface area contributed by atoms with Crippen molar-refractivity contribution in [2.75, 3.05) is 25.0 Å². The number of imidazole rings is 1. The van der Waals surface area contributed by atoms with Crippen LogP contribution in [0.2, 0.25) is 0 Å². The van der Waals surface area contributed by atoms with Gasteiger partial charge in [-0.25, -0.2) is 4.98 Å². The van der Waals surface area contributed by atoms with Crippen molar-refractivity contribution in [1.82, 2.24) is 14.5 Å². The first-order chi connectivity index (χ1) is 8.60. The minimum absolute atomic E-state index is 0.674. The summed E-state index contributed by atoms with van der Waals surface area (Å²) in [4.78, 5) is 7.11. The Hall–Kier alpha value is -1.03. The number of nitrogens with one attached hydrogen (secondary N) is 1. The van der Waals surface area contributed by atoms with Crippen molar-refractivity contribution in [2.24, 2.45) is 5.92 Å². The highest BCUT2D eigenvalue weighted by molar-refractivity contribution is 5.28. The van der Waals surface area contributed by atoms with Gasteiger partial charge in [-0.2, -0.15) is 0 Å². The first-order valence-corrected chi connectivity index (χ1v) is 7.11. The lowest BCUT2D eigenvalue weighted by molar-refractivity contribution is 0.261. The first-order valence-electron chi connectivity index (χ1n) is 7.11. The Morgan fingerprint density at radius 2 is 2.28 bits per heavy atom. The van der Waals surface area contributed by atoms with Gasteiger partial charge in [-0.1, -0.05) is 0 Å². The molecule has 0 saturated carbocycles. The number of nitrogens with zero attached hydrogens (tertiary/aromatic N) is 3. The fraction of sp³-hybridized carbons (Fsp3) is 0.786. The maximum atomic E-state index is 4.53. The summed E-state index contributed by atoms with van der Waals surface area (Å²) >= 11 is 0. The Balaban J connectivity index is 1.97. The van der Waals surface area contributed by atoms with Crippen LogP contribution in [0.15, 0.2) is 6.20 Å². The molecule has 0 aliphatic carbocycles. The molecule has 2 rings (SSSR count). The van der Waals surface area contributed by atoms with Crippen LogP contribution in [-0.4, -0.2) is 40.1 Å². The van der Waals surface area contributed by atoms with Gasteiger partial charge in [-0.15, -0.1) is 0 Å². The van der Waals surface area contributed by atoms with Crippen molar-refractivity contribution in [1.29, 1.82) is 0 Å². The summed E-state index contributed by atoms with van der Waals surface area (Å²) in [6, 6.07) is 0.674. The molecular formula is C14H26N4. The zero-order valence-electron chi connectivity index (χ0n) is 12.1. The highest BCUT2D eigenvalue weighted by Gasteiger charge is 2.24. The van der Waals surface area contributed by atoms with Gasteiger partial charge in [-0.3, -0.25) is 0 Å². The third-order valence-electron chi connectivity index (χ3n) is 3.73. The average Bonchev–Trinajstić information content (AvgIpc) is 2.88. The summed E-state index contributed by atoms with van der Waals surface area (Å²) in [6.45, 7) is 13.2. The zero-order valence-corrected chi connectivity index (χ0v) is 12.1. The van der Waals surface area contributed by atoms with E-state index in [0.29, 0.717) is 6.04 Å². The van der Waals surface area contributed by atoms with Crippen molar-refractivity contribution >= 4 is 5.95 Å². The predicted octanol–water partition coefficient (Wildman–Crippen LogP) is 2.35. The molecule has 2 heterocycles. The maximum Gasteiger partial charge on any atom is 0.203 e. The third-order valence-corrected chi connectivity index (χ3v) is 3.73.